The predicted octanol–water partition coefficient (Wildman–Crippen LogP) is 0.643. The van der Waals surface area contributed by atoms with Gasteiger partial charge in [0.25, 0.3) is 5.69 Å². The Balaban J connectivity index is 2.27. The first-order valence-electron chi connectivity index (χ1n) is 5.56. The van der Waals surface area contributed by atoms with Gasteiger partial charge >= 0.3 is 0 Å². The fourth-order valence-electron chi connectivity index (χ4n) is 2.01. The van der Waals surface area contributed by atoms with E-state index in [1.807, 2.05) is 0 Å². The van der Waals surface area contributed by atoms with Gasteiger partial charge in [0, 0.05) is 31.6 Å². The van der Waals surface area contributed by atoms with Gasteiger partial charge in [0.2, 0.25) is 5.91 Å². The van der Waals surface area contributed by atoms with Crippen molar-refractivity contribution in [2.75, 3.05) is 18.1 Å². The molecule has 0 radical (unpaired) electrons. The van der Waals surface area contributed by atoms with Crippen LogP contribution in [-0.4, -0.2) is 34.1 Å². The zero-order chi connectivity index (χ0) is 13.3. The van der Waals surface area contributed by atoms with Gasteiger partial charge in [0.15, 0.2) is 0 Å². The number of aryl methyl sites for hydroxylation is 1. The molecule has 1 aromatic heterocycles. The van der Waals surface area contributed by atoms with Crippen LogP contribution in [0.2, 0.25) is 0 Å². The molecule has 2 heterocycles. The van der Waals surface area contributed by atoms with Crippen LogP contribution >= 0.6 is 0 Å². The number of nitro groups is 1. The number of hydrogen-bond acceptors (Lipinski definition) is 5. The topological polar surface area (TPSA) is 96.6 Å². The quantitative estimate of drug-likeness (QED) is 0.628. The maximum atomic E-state index is 11.7. The van der Waals surface area contributed by atoms with Crippen molar-refractivity contribution < 1.29 is 14.8 Å². The Morgan fingerprint density at radius 2 is 2.33 bits per heavy atom. The van der Waals surface area contributed by atoms with Crippen LogP contribution in [0.3, 0.4) is 0 Å². The fourth-order valence-corrected chi connectivity index (χ4v) is 2.01. The number of carbonyl (C=O) groups excluding carboxylic acids is 1. The van der Waals surface area contributed by atoms with Gasteiger partial charge in [-0.15, -0.1) is 0 Å². The van der Waals surface area contributed by atoms with E-state index >= 15 is 0 Å². The fraction of sp³-hybridized carbons (Fsp3) is 0.455. The second-order valence-electron chi connectivity index (χ2n) is 4.29. The average Bonchev–Trinajstić information content (AvgIpc) is 2.70. The van der Waals surface area contributed by atoms with Crippen molar-refractivity contribution in [2.45, 2.75) is 13.3 Å². The Kier molecular flexibility index (Phi) is 3.24. The SMILES string of the molecule is Cc1nc(N2CC(CO)CC2=O)ccc1[N+](=O)[O-]. The van der Waals surface area contributed by atoms with Crippen LogP contribution in [0.15, 0.2) is 12.1 Å². The first-order valence-corrected chi connectivity index (χ1v) is 5.56. The third kappa shape index (κ3) is 2.17. The zero-order valence-corrected chi connectivity index (χ0v) is 9.87. The summed E-state index contributed by atoms with van der Waals surface area (Å²) in [5, 5.41) is 19.7. The van der Waals surface area contributed by atoms with Crippen LogP contribution in [0.1, 0.15) is 12.1 Å². The highest BCUT2D eigenvalue weighted by molar-refractivity contribution is 5.94. The van der Waals surface area contributed by atoms with Crippen LogP contribution < -0.4 is 4.90 Å². The Bertz CT molecular complexity index is 503. The lowest BCUT2D eigenvalue weighted by Crippen LogP contribution is -2.26. The Hall–Kier alpha value is -2.02. The molecule has 1 aliphatic rings. The van der Waals surface area contributed by atoms with E-state index in [0.29, 0.717) is 12.4 Å². The molecule has 1 saturated heterocycles. The van der Waals surface area contributed by atoms with E-state index < -0.39 is 4.92 Å². The van der Waals surface area contributed by atoms with E-state index in [1.54, 1.807) is 0 Å². The summed E-state index contributed by atoms with van der Waals surface area (Å²) in [6.45, 7) is 1.89. The second kappa shape index (κ2) is 4.69. The van der Waals surface area contributed by atoms with Gasteiger partial charge in [0.1, 0.15) is 11.5 Å². The lowest BCUT2D eigenvalue weighted by molar-refractivity contribution is -0.385. The highest BCUT2D eigenvalue weighted by atomic mass is 16.6. The highest BCUT2D eigenvalue weighted by Crippen LogP contribution is 2.26. The van der Waals surface area contributed by atoms with Crippen molar-refractivity contribution >= 4 is 17.4 Å². The van der Waals surface area contributed by atoms with E-state index in [2.05, 4.69) is 4.98 Å². The zero-order valence-electron chi connectivity index (χ0n) is 9.87. The number of anilines is 1. The summed E-state index contributed by atoms with van der Waals surface area (Å²) in [7, 11) is 0. The molecule has 0 saturated carbocycles. The van der Waals surface area contributed by atoms with Crippen LogP contribution in [0, 0.1) is 23.0 Å². The number of nitrogens with zero attached hydrogens (tertiary/aromatic N) is 3. The van der Waals surface area contributed by atoms with Crippen molar-refractivity contribution in [1.29, 1.82) is 0 Å². The average molecular weight is 251 g/mol. The van der Waals surface area contributed by atoms with Crippen molar-refractivity contribution in [2.24, 2.45) is 5.92 Å². The monoisotopic (exact) mass is 251 g/mol. The summed E-state index contributed by atoms with van der Waals surface area (Å²) in [5.74, 6) is 0.198. The molecule has 18 heavy (non-hydrogen) atoms. The van der Waals surface area contributed by atoms with Gasteiger partial charge in [-0.3, -0.25) is 19.8 Å². The lowest BCUT2D eigenvalue weighted by Gasteiger charge is -2.15. The van der Waals surface area contributed by atoms with Crippen molar-refractivity contribution in [3.05, 3.63) is 27.9 Å². The number of rotatable bonds is 3. The van der Waals surface area contributed by atoms with Crippen LogP contribution in [0.5, 0.6) is 0 Å². The number of carbonyl (C=O) groups is 1. The first-order chi connectivity index (χ1) is 8.52. The van der Waals surface area contributed by atoms with Gasteiger partial charge in [-0.1, -0.05) is 0 Å². The van der Waals surface area contributed by atoms with E-state index in [1.165, 1.54) is 24.0 Å². The minimum atomic E-state index is -0.506. The summed E-state index contributed by atoms with van der Waals surface area (Å²) in [4.78, 5) is 27.4. The van der Waals surface area contributed by atoms with E-state index in [-0.39, 0.29) is 36.2 Å². The number of aromatic nitrogens is 1. The number of amides is 1. The van der Waals surface area contributed by atoms with Gasteiger partial charge in [-0.25, -0.2) is 4.98 Å². The molecule has 0 spiro atoms. The molecule has 96 valence electrons. The maximum Gasteiger partial charge on any atom is 0.290 e. The molecule has 1 unspecified atom stereocenters. The molecule has 0 aromatic carbocycles. The van der Waals surface area contributed by atoms with Crippen LogP contribution in [0.25, 0.3) is 0 Å². The maximum absolute atomic E-state index is 11.7. The Morgan fingerprint density at radius 3 is 2.83 bits per heavy atom. The molecule has 7 heteroatoms. The molecule has 1 amide bonds. The molecule has 2 rings (SSSR count). The second-order valence-corrected chi connectivity index (χ2v) is 4.29. The minimum absolute atomic E-state index is 0.0474. The van der Waals surface area contributed by atoms with E-state index in [4.69, 9.17) is 5.11 Å². The smallest absolute Gasteiger partial charge is 0.290 e. The Labute approximate surface area is 103 Å². The van der Waals surface area contributed by atoms with Crippen molar-refractivity contribution in [3.8, 4) is 0 Å². The summed E-state index contributed by atoms with van der Waals surface area (Å²) in [6, 6.07) is 2.81. The number of aliphatic hydroxyl groups excluding tert-OH is 1. The molecular formula is C11H13N3O4. The molecule has 1 fully saturated rings. The highest BCUT2D eigenvalue weighted by Gasteiger charge is 2.31. The van der Waals surface area contributed by atoms with Crippen LogP contribution in [0.4, 0.5) is 11.5 Å². The van der Waals surface area contributed by atoms with Gasteiger partial charge in [-0.05, 0) is 13.0 Å². The van der Waals surface area contributed by atoms with Gasteiger partial charge < -0.3 is 5.11 Å². The third-order valence-electron chi connectivity index (χ3n) is 2.98. The molecule has 7 nitrogen and oxygen atoms in total. The van der Waals surface area contributed by atoms with E-state index in [0.717, 1.165) is 0 Å². The summed E-state index contributed by atoms with van der Waals surface area (Å²) in [5.41, 5.74) is 0.210. The summed E-state index contributed by atoms with van der Waals surface area (Å²) >= 11 is 0. The van der Waals surface area contributed by atoms with Crippen molar-refractivity contribution in [1.82, 2.24) is 4.98 Å². The third-order valence-corrected chi connectivity index (χ3v) is 2.98. The normalized spacial score (nSPS) is 19.3. The standard InChI is InChI=1S/C11H13N3O4/c1-7-9(14(17)18)2-3-10(12-7)13-5-8(6-15)4-11(13)16/h2-3,8,15H,4-6H2,1H3. The van der Waals surface area contributed by atoms with Crippen molar-refractivity contribution in [3.63, 3.8) is 0 Å². The van der Waals surface area contributed by atoms with Crippen LogP contribution in [-0.2, 0) is 4.79 Å². The molecule has 0 bridgehead atoms. The molecular weight excluding hydrogens is 238 g/mol. The molecule has 1 aliphatic heterocycles. The van der Waals surface area contributed by atoms with Gasteiger partial charge in [0.05, 0.1) is 4.92 Å². The molecule has 1 aromatic rings. The molecule has 1 N–H and O–H groups in total. The largest absolute Gasteiger partial charge is 0.396 e. The Morgan fingerprint density at radius 1 is 1.61 bits per heavy atom. The number of hydrogen-bond donors (Lipinski definition) is 1. The predicted molar refractivity (Wildman–Crippen MR) is 63.2 cm³/mol. The first kappa shape index (κ1) is 12.4. The van der Waals surface area contributed by atoms with E-state index in [9.17, 15) is 14.9 Å². The van der Waals surface area contributed by atoms with Gasteiger partial charge in [-0.2, -0.15) is 0 Å². The lowest BCUT2D eigenvalue weighted by atomic mass is 10.1. The minimum Gasteiger partial charge on any atom is -0.396 e. The molecule has 0 aliphatic carbocycles. The molecule has 1 atom stereocenters. The summed E-state index contributed by atoms with van der Waals surface area (Å²) in [6.07, 6.45) is 0.286. The number of pyridine rings is 1. The summed E-state index contributed by atoms with van der Waals surface area (Å²) < 4.78 is 0. The number of aliphatic hydroxyl groups is 1.